The van der Waals surface area contributed by atoms with E-state index in [1.807, 2.05) is 5.51 Å². The lowest BCUT2D eigenvalue weighted by Gasteiger charge is -2.36. The fraction of sp³-hybridized carbons (Fsp3) is 0.769. The molecule has 0 aliphatic heterocycles. The lowest BCUT2D eigenvalue weighted by Crippen LogP contribution is -2.38. The first-order chi connectivity index (χ1) is 7.57. The van der Waals surface area contributed by atoms with Crippen LogP contribution in [0.25, 0.3) is 0 Å². The molecular formula is C13H22N2S. The van der Waals surface area contributed by atoms with Crippen LogP contribution < -0.4 is 5.32 Å². The van der Waals surface area contributed by atoms with Crippen molar-refractivity contribution in [2.45, 2.75) is 58.5 Å². The zero-order valence-corrected chi connectivity index (χ0v) is 11.3. The average Bonchev–Trinajstić information content (AvgIpc) is 2.68. The molecule has 1 N–H and O–H groups in total. The van der Waals surface area contributed by atoms with E-state index in [4.69, 9.17) is 0 Å². The van der Waals surface area contributed by atoms with E-state index in [0.717, 1.165) is 0 Å². The van der Waals surface area contributed by atoms with Crippen LogP contribution in [0.3, 0.4) is 0 Å². The first kappa shape index (κ1) is 12.1. The Morgan fingerprint density at radius 2 is 2.38 bits per heavy atom. The van der Waals surface area contributed by atoms with Crippen LogP contribution in [0.4, 0.5) is 0 Å². The highest BCUT2D eigenvalue weighted by Crippen LogP contribution is 2.35. The molecule has 2 nitrogen and oxygen atoms in total. The van der Waals surface area contributed by atoms with Gasteiger partial charge < -0.3 is 5.32 Å². The number of hydrogen-bond acceptors (Lipinski definition) is 3. The van der Waals surface area contributed by atoms with E-state index in [-0.39, 0.29) is 0 Å². The third-order valence-electron chi connectivity index (χ3n) is 3.59. The lowest BCUT2D eigenvalue weighted by atomic mass is 9.75. The molecule has 0 radical (unpaired) electrons. The van der Waals surface area contributed by atoms with E-state index in [1.54, 1.807) is 11.3 Å². The Morgan fingerprint density at radius 1 is 1.56 bits per heavy atom. The Kier molecular flexibility index (Phi) is 3.65. The summed E-state index contributed by atoms with van der Waals surface area (Å²) in [6.45, 7) is 6.99. The van der Waals surface area contributed by atoms with Crippen LogP contribution >= 0.6 is 11.3 Å². The molecule has 0 amide bonds. The van der Waals surface area contributed by atoms with E-state index in [2.05, 4.69) is 36.5 Å². The molecule has 3 heteroatoms. The monoisotopic (exact) mass is 238 g/mol. The minimum absolute atomic E-state index is 0.394. The summed E-state index contributed by atoms with van der Waals surface area (Å²) in [5.41, 5.74) is 3.61. The summed E-state index contributed by atoms with van der Waals surface area (Å²) in [7, 11) is 0. The van der Waals surface area contributed by atoms with Gasteiger partial charge in [0.25, 0.3) is 0 Å². The van der Waals surface area contributed by atoms with Gasteiger partial charge in [0.15, 0.2) is 0 Å². The zero-order valence-electron chi connectivity index (χ0n) is 10.5. The van der Waals surface area contributed by atoms with Gasteiger partial charge in [-0.15, -0.1) is 11.3 Å². The summed E-state index contributed by atoms with van der Waals surface area (Å²) < 4.78 is 0. The van der Waals surface area contributed by atoms with Gasteiger partial charge in [-0.3, -0.25) is 0 Å². The van der Waals surface area contributed by atoms with Crippen molar-refractivity contribution >= 4 is 11.3 Å². The largest absolute Gasteiger partial charge is 0.306 e. The molecule has 2 atom stereocenters. The maximum Gasteiger partial charge on any atom is 0.0795 e. The van der Waals surface area contributed by atoms with Gasteiger partial charge >= 0.3 is 0 Å². The van der Waals surface area contributed by atoms with E-state index >= 15 is 0 Å². The lowest BCUT2D eigenvalue weighted by molar-refractivity contribution is 0.190. The molecule has 2 rings (SSSR count). The molecule has 0 aromatic carbocycles. The number of aromatic nitrogens is 1. The molecule has 90 valence electrons. The predicted molar refractivity (Wildman–Crippen MR) is 69.7 cm³/mol. The van der Waals surface area contributed by atoms with Crippen LogP contribution in [0.2, 0.25) is 0 Å². The Hall–Kier alpha value is -0.410. The van der Waals surface area contributed by atoms with Gasteiger partial charge in [0, 0.05) is 17.5 Å². The topological polar surface area (TPSA) is 24.9 Å². The molecule has 1 heterocycles. The van der Waals surface area contributed by atoms with Crippen LogP contribution in [0, 0.1) is 5.41 Å². The maximum atomic E-state index is 4.37. The van der Waals surface area contributed by atoms with Crippen molar-refractivity contribution in [2.75, 3.05) is 0 Å². The number of rotatable bonds is 3. The minimum Gasteiger partial charge on any atom is -0.306 e. The van der Waals surface area contributed by atoms with E-state index in [1.165, 1.54) is 31.4 Å². The highest BCUT2D eigenvalue weighted by atomic mass is 32.1. The summed E-state index contributed by atoms with van der Waals surface area (Å²) >= 11 is 1.68. The van der Waals surface area contributed by atoms with Crippen LogP contribution in [0.1, 0.15) is 58.2 Å². The van der Waals surface area contributed by atoms with Gasteiger partial charge in [-0.25, -0.2) is 4.98 Å². The van der Waals surface area contributed by atoms with Crippen molar-refractivity contribution in [3.63, 3.8) is 0 Å². The van der Waals surface area contributed by atoms with E-state index < -0.39 is 0 Å². The minimum atomic E-state index is 0.394. The van der Waals surface area contributed by atoms with E-state index in [0.29, 0.717) is 17.5 Å². The second-order valence-corrected chi connectivity index (χ2v) is 6.48. The fourth-order valence-corrected chi connectivity index (χ4v) is 3.36. The summed E-state index contributed by atoms with van der Waals surface area (Å²) in [4.78, 5) is 4.37. The molecule has 0 saturated heterocycles. The summed E-state index contributed by atoms with van der Waals surface area (Å²) in [6.07, 6.45) is 5.34. The normalized spacial score (nSPS) is 26.6. The smallest absolute Gasteiger partial charge is 0.0795 e. The fourth-order valence-electron chi connectivity index (χ4n) is 2.72. The molecule has 2 unspecified atom stereocenters. The van der Waals surface area contributed by atoms with Gasteiger partial charge in [-0.2, -0.15) is 0 Å². The molecule has 0 spiro atoms. The number of thiazole rings is 1. The second kappa shape index (κ2) is 4.84. The zero-order chi connectivity index (χ0) is 11.6. The van der Waals surface area contributed by atoms with Crippen molar-refractivity contribution in [3.8, 4) is 0 Å². The van der Waals surface area contributed by atoms with Crippen LogP contribution in [-0.2, 0) is 0 Å². The maximum absolute atomic E-state index is 4.37. The Labute approximate surface area is 102 Å². The molecule has 1 aromatic heterocycles. The number of nitrogens with one attached hydrogen (secondary N) is 1. The highest BCUT2D eigenvalue weighted by molar-refractivity contribution is 7.07. The molecule has 1 aromatic rings. The third kappa shape index (κ3) is 3.05. The Bertz CT molecular complexity index is 319. The molecule has 16 heavy (non-hydrogen) atoms. The van der Waals surface area contributed by atoms with Crippen molar-refractivity contribution in [3.05, 3.63) is 16.6 Å². The average molecular weight is 238 g/mol. The molecule has 1 aliphatic rings. The van der Waals surface area contributed by atoms with Crippen molar-refractivity contribution in [1.29, 1.82) is 0 Å². The van der Waals surface area contributed by atoms with Crippen molar-refractivity contribution < 1.29 is 0 Å². The van der Waals surface area contributed by atoms with Crippen LogP contribution in [-0.4, -0.2) is 11.0 Å². The van der Waals surface area contributed by atoms with Crippen LogP contribution in [0.15, 0.2) is 10.9 Å². The first-order valence-electron chi connectivity index (χ1n) is 6.21. The summed E-state index contributed by atoms with van der Waals surface area (Å²) in [5.74, 6) is 0. The van der Waals surface area contributed by atoms with Gasteiger partial charge in [0.2, 0.25) is 0 Å². The van der Waals surface area contributed by atoms with Gasteiger partial charge in [-0.05, 0) is 31.6 Å². The van der Waals surface area contributed by atoms with Crippen LogP contribution in [0.5, 0.6) is 0 Å². The van der Waals surface area contributed by atoms with Crippen molar-refractivity contribution in [1.82, 2.24) is 10.3 Å². The number of nitrogens with zero attached hydrogens (tertiary/aromatic N) is 1. The van der Waals surface area contributed by atoms with Crippen molar-refractivity contribution in [2.24, 2.45) is 5.41 Å². The summed E-state index contributed by atoms with van der Waals surface area (Å²) in [5, 5.41) is 5.87. The number of hydrogen-bond donors (Lipinski definition) is 1. The van der Waals surface area contributed by atoms with Gasteiger partial charge in [-0.1, -0.05) is 20.3 Å². The molecule has 1 aliphatic carbocycles. The standard InChI is InChI=1S/C13H22N2S/c1-10(12-8-16-9-14-12)15-11-5-4-6-13(2,3)7-11/h8-11,15H,4-7H2,1-3H3. The molecule has 0 bridgehead atoms. The second-order valence-electron chi connectivity index (χ2n) is 5.76. The van der Waals surface area contributed by atoms with Gasteiger partial charge in [0.1, 0.15) is 0 Å². The molecule has 1 fully saturated rings. The predicted octanol–water partition coefficient (Wildman–Crippen LogP) is 3.76. The molecule has 1 saturated carbocycles. The van der Waals surface area contributed by atoms with E-state index in [9.17, 15) is 0 Å². The molecular weight excluding hydrogens is 216 g/mol. The quantitative estimate of drug-likeness (QED) is 0.867. The van der Waals surface area contributed by atoms with Gasteiger partial charge in [0.05, 0.1) is 11.2 Å². The Morgan fingerprint density at radius 3 is 3.00 bits per heavy atom. The third-order valence-corrected chi connectivity index (χ3v) is 4.19. The Balaban J connectivity index is 1.90. The summed E-state index contributed by atoms with van der Waals surface area (Å²) in [6, 6.07) is 1.06. The first-order valence-corrected chi connectivity index (χ1v) is 7.15. The SMILES string of the molecule is CC(NC1CCCC(C)(C)C1)c1cscn1. The highest BCUT2D eigenvalue weighted by Gasteiger charge is 2.28.